The Kier molecular flexibility index (Phi) is 9.24. The number of amides is 2. The van der Waals surface area contributed by atoms with Crippen LogP contribution in [0.1, 0.15) is 31.2 Å². The number of halogens is 3. The second-order valence-electron chi connectivity index (χ2n) is 6.72. The number of nitrogens with zero attached hydrogens (tertiary/aromatic N) is 1. The first-order valence-electron chi connectivity index (χ1n) is 9.60. The van der Waals surface area contributed by atoms with Crippen LogP contribution in [0.15, 0.2) is 41.4 Å². The molecule has 2 rings (SSSR count). The van der Waals surface area contributed by atoms with E-state index in [-0.39, 0.29) is 31.0 Å². The van der Waals surface area contributed by atoms with E-state index in [4.69, 9.17) is 10.8 Å². The molecule has 0 radical (unpaired) electrons. The molecule has 1 aromatic heterocycles. The van der Waals surface area contributed by atoms with Crippen LogP contribution >= 0.6 is 0 Å². The molecule has 12 nitrogen and oxygen atoms in total. The molecule has 1 heterocycles. The number of benzene rings is 1. The summed E-state index contributed by atoms with van der Waals surface area (Å²) in [5.41, 5.74) is 8.98. The van der Waals surface area contributed by atoms with Gasteiger partial charge in [-0.2, -0.15) is 13.2 Å². The van der Waals surface area contributed by atoms with Crippen molar-refractivity contribution < 1.29 is 45.8 Å². The molecule has 0 bridgehead atoms. The SMILES string of the molecule is NC(=O)c1ncc(C(=O)NS(=O)(=O)c2ccc(OCC(F)(F)F)cc2)cc1C(=O)CNNCCO. The number of ether oxygens (including phenoxy) is 1. The maximum absolute atomic E-state index is 12.5. The first-order valence-corrected chi connectivity index (χ1v) is 11.1. The van der Waals surface area contributed by atoms with Gasteiger partial charge in [-0.3, -0.25) is 19.8 Å². The van der Waals surface area contributed by atoms with Gasteiger partial charge in [-0.1, -0.05) is 0 Å². The summed E-state index contributed by atoms with van der Waals surface area (Å²) in [5, 5.41) is 8.71. The number of hydrogen-bond acceptors (Lipinski definition) is 10. The van der Waals surface area contributed by atoms with Gasteiger partial charge in [0.1, 0.15) is 11.4 Å². The molecule has 0 fully saturated rings. The number of aliphatic hydroxyl groups is 1. The summed E-state index contributed by atoms with van der Waals surface area (Å²) in [6, 6.07) is 4.73. The van der Waals surface area contributed by atoms with E-state index in [9.17, 15) is 36.0 Å². The molecule has 0 spiro atoms. The Morgan fingerprint density at radius 2 is 1.77 bits per heavy atom. The van der Waals surface area contributed by atoms with Crippen molar-refractivity contribution in [1.29, 1.82) is 0 Å². The Labute approximate surface area is 196 Å². The van der Waals surface area contributed by atoms with Gasteiger partial charge in [0.2, 0.25) is 0 Å². The van der Waals surface area contributed by atoms with E-state index >= 15 is 0 Å². The minimum absolute atomic E-state index is 0.115. The number of primary amides is 1. The summed E-state index contributed by atoms with van der Waals surface area (Å²) < 4.78 is 67.8. The van der Waals surface area contributed by atoms with Crippen molar-refractivity contribution in [2.75, 3.05) is 26.3 Å². The van der Waals surface area contributed by atoms with E-state index in [0.29, 0.717) is 0 Å². The van der Waals surface area contributed by atoms with Gasteiger partial charge in [0, 0.05) is 12.7 Å². The van der Waals surface area contributed by atoms with Crippen molar-refractivity contribution >= 4 is 27.6 Å². The monoisotopic (exact) mass is 519 g/mol. The third kappa shape index (κ3) is 8.29. The lowest BCUT2D eigenvalue weighted by Crippen LogP contribution is -2.38. The van der Waals surface area contributed by atoms with Crippen LogP contribution in [-0.2, 0) is 10.0 Å². The molecular formula is C19H20F3N5O7S. The predicted molar refractivity (Wildman–Crippen MR) is 113 cm³/mol. The average Bonchev–Trinajstić information content (AvgIpc) is 2.79. The molecule has 0 unspecified atom stereocenters. The molecule has 1 aromatic carbocycles. The van der Waals surface area contributed by atoms with Gasteiger partial charge < -0.3 is 15.6 Å². The van der Waals surface area contributed by atoms with Crippen molar-refractivity contribution in [1.82, 2.24) is 20.6 Å². The highest BCUT2D eigenvalue weighted by Crippen LogP contribution is 2.20. The Balaban J connectivity index is 2.18. The van der Waals surface area contributed by atoms with Gasteiger partial charge >= 0.3 is 6.18 Å². The maximum atomic E-state index is 12.5. The fourth-order valence-corrected chi connectivity index (χ4v) is 3.47. The van der Waals surface area contributed by atoms with E-state index < -0.39 is 56.6 Å². The number of rotatable bonds is 12. The lowest BCUT2D eigenvalue weighted by atomic mass is 10.1. The molecule has 2 amide bonds. The van der Waals surface area contributed by atoms with Crippen LogP contribution in [0.3, 0.4) is 0 Å². The van der Waals surface area contributed by atoms with Crippen LogP contribution < -0.4 is 26.0 Å². The van der Waals surface area contributed by atoms with Gasteiger partial charge in [0.25, 0.3) is 21.8 Å². The number of nitrogens with one attached hydrogen (secondary N) is 3. The summed E-state index contributed by atoms with van der Waals surface area (Å²) in [6.07, 6.45) is -3.74. The number of sulfonamides is 1. The Bertz CT molecular complexity index is 1190. The number of hydrazine groups is 1. The van der Waals surface area contributed by atoms with Gasteiger partial charge in [0.15, 0.2) is 12.4 Å². The normalized spacial score (nSPS) is 11.7. The van der Waals surface area contributed by atoms with Crippen molar-refractivity contribution in [2.45, 2.75) is 11.1 Å². The topological polar surface area (TPSA) is 190 Å². The minimum atomic E-state index is -4.58. The zero-order chi connectivity index (χ0) is 26.2. The van der Waals surface area contributed by atoms with E-state index in [1.54, 1.807) is 4.72 Å². The fourth-order valence-electron chi connectivity index (χ4n) is 2.50. The Morgan fingerprint density at radius 3 is 2.34 bits per heavy atom. The molecule has 190 valence electrons. The molecule has 0 saturated carbocycles. The number of alkyl halides is 3. The first-order chi connectivity index (χ1) is 16.3. The molecule has 35 heavy (non-hydrogen) atoms. The minimum Gasteiger partial charge on any atom is -0.484 e. The number of pyridine rings is 1. The number of nitrogens with two attached hydrogens (primary N) is 1. The molecule has 2 aromatic rings. The Morgan fingerprint density at radius 1 is 1.11 bits per heavy atom. The highest BCUT2D eigenvalue weighted by Gasteiger charge is 2.28. The summed E-state index contributed by atoms with van der Waals surface area (Å²) in [7, 11) is -4.48. The number of hydrogen-bond donors (Lipinski definition) is 5. The lowest BCUT2D eigenvalue weighted by Gasteiger charge is -2.11. The average molecular weight is 519 g/mol. The van der Waals surface area contributed by atoms with Crippen LogP contribution in [0, 0.1) is 0 Å². The maximum Gasteiger partial charge on any atom is 0.422 e. The van der Waals surface area contributed by atoms with Gasteiger partial charge in [-0.05, 0) is 30.3 Å². The molecule has 0 aliphatic carbocycles. The number of carbonyl (C=O) groups is 3. The third-order valence-corrected chi connectivity index (χ3v) is 5.40. The number of carbonyl (C=O) groups excluding carboxylic acids is 3. The number of ketones is 1. The smallest absolute Gasteiger partial charge is 0.422 e. The second kappa shape index (κ2) is 11.7. The third-order valence-electron chi connectivity index (χ3n) is 4.06. The van der Waals surface area contributed by atoms with Crippen LogP contribution in [0.2, 0.25) is 0 Å². The summed E-state index contributed by atoms with van der Waals surface area (Å²) >= 11 is 0. The van der Waals surface area contributed by atoms with E-state index in [1.165, 1.54) is 0 Å². The highest BCUT2D eigenvalue weighted by atomic mass is 32.2. The van der Waals surface area contributed by atoms with Crippen LogP contribution in [0.4, 0.5) is 13.2 Å². The molecule has 6 N–H and O–H groups in total. The Hall–Kier alpha value is -3.60. The predicted octanol–water partition coefficient (Wildman–Crippen LogP) is -0.491. The first kappa shape index (κ1) is 27.6. The van der Waals surface area contributed by atoms with Crippen molar-refractivity contribution in [3.8, 4) is 5.75 Å². The van der Waals surface area contributed by atoms with Crippen molar-refractivity contribution in [2.24, 2.45) is 5.73 Å². The molecule has 0 aliphatic rings. The fraction of sp³-hybridized carbons (Fsp3) is 0.263. The van der Waals surface area contributed by atoms with Crippen LogP contribution in [0.25, 0.3) is 0 Å². The van der Waals surface area contributed by atoms with Crippen LogP contribution in [-0.4, -0.2) is 68.6 Å². The zero-order valence-electron chi connectivity index (χ0n) is 17.8. The molecular weight excluding hydrogens is 499 g/mol. The highest BCUT2D eigenvalue weighted by molar-refractivity contribution is 7.90. The lowest BCUT2D eigenvalue weighted by molar-refractivity contribution is -0.153. The number of aromatic nitrogens is 1. The molecule has 16 heteroatoms. The van der Waals surface area contributed by atoms with Gasteiger partial charge in [-0.25, -0.2) is 23.5 Å². The standard InChI is InChI=1S/C19H20F3N5O7S/c20-19(21,22)10-34-12-1-3-13(4-2-12)35(32,33)27-18(31)11-7-14(16(17(23)30)24-8-11)15(29)9-26-25-5-6-28/h1-4,7-8,25-26,28H,5-6,9-10H2,(H2,23,30)(H,27,31). The molecule has 0 atom stereocenters. The summed E-state index contributed by atoms with van der Waals surface area (Å²) in [5.74, 6) is -3.23. The molecule has 0 aliphatic heterocycles. The van der Waals surface area contributed by atoms with Gasteiger partial charge in [0.05, 0.1) is 29.2 Å². The summed E-state index contributed by atoms with van der Waals surface area (Å²) in [6.45, 7) is -2.06. The van der Waals surface area contributed by atoms with Crippen molar-refractivity contribution in [3.05, 3.63) is 53.3 Å². The summed E-state index contributed by atoms with van der Waals surface area (Å²) in [4.78, 5) is 39.7. The largest absolute Gasteiger partial charge is 0.484 e. The van der Waals surface area contributed by atoms with E-state index in [1.807, 2.05) is 0 Å². The zero-order valence-corrected chi connectivity index (χ0v) is 18.6. The van der Waals surface area contributed by atoms with Gasteiger partial charge in [-0.15, -0.1) is 0 Å². The molecule has 0 saturated heterocycles. The van der Waals surface area contributed by atoms with E-state index in [0.717, 1.165) is 36.5 Å². The van der Waals surface area contributed by atoms with Crippen LogP contribution in [0.5, 0.6) is 5.75 Å². The van der Waals surface area contributed by atoms with E-state index in [2.05, 4.69) is 20.6 Å². The van der Waals surface area contributed by atoms with Crippen molar-refractivity contribution in [3.63, 3.8) is 0 Å². The number of aliphatic hydroxyl groups excluding tert-OH is 1. The number of Topliss-reactive ketones (excluding diaryl/α,β-unsaturated/α-hetero) is 1. The second-order valence-corrected chi connectivity index (χ2v) is 8.40. The quantitative estimate of drug-likeness (QED) is 0.139.